The Morgan fingerprint density at radius 3 is 2.57 bits per heavy atom. The van der Waals surface area contributed by atoms with Crippen molar-refractivity contribution >= 4 is 11.6 Å². The van der Waals surface area contributed by atoms with Gasteiger partial charge in [0.2, 0.25) is 0 Å². The molecule has 122 valence electrons. The molecule has 2 aromatic rings. The number of hydrogen-bond acceptors (Lipinski definition) is 2. The molecular weight excluding hydrogens is 314 g/mol. The lowest BCUT2D eigenvalue weighted by molar-refractivity contribution is -0.141. The molecule has 0 fully saturated rings. The zero-order valence-electron chi connectivity index (χ0n) is 12.1. The first-order chi connectivity index (χ1) is 10.7. The van der Waals surface area contributed by atoms with Crippen molar-refractivity contribution in [2.75, 3.05) is 4.90 Å². The van der Waals surface area contributed by atoms with Crippen molar-refractivity contribution < 1.29 is 22.4 Å². The average molecular weight is 327 g/mol. The van der Waals surface area contributed by atoms with Crippen molar-refractivity contribution in [3.63, 3.8) is 0 Å². The van der Waals surface area contributed by atoms with Crippen LogP contribution in [-0.4, -0.2) is 15.7 Å². The van der Waals surface area contributed by atoms with Crippen LogP contribution in [0.25, 0.3) is 0 Å². The van der Waals surface area contributed by atoms with Gasteiger partial charge in [0.1, 0.15) is 5.82 Å². The maximum Gasteiger partial charge on any atom is 0.435 e. The van der Waals surface area contributed by atoms with Gasteiger partial charge >= 0.3 is 6.18 Å². The van der Waals surface area contributed by atoms with Gasteiger partial charge in [-0.15, -0.1) is 0 Å². The van der Waals surface area contributed by atoms with E-state index in [1.807, 2.05) is 0 Å². The zero-order valence-corrected chi connectivity index (χ0v) is 12.1. The van der Waals surface area contributed by atoms with Gasteiger partial charge in [0, 0.05) is 7.05 Å². The summed E-state index contributed by atoms with van der Waals surface area (Å²) in [5, 5.41) is 3.37. The molecule has 8 heteroatoms. The highest BCUT2D eigenvalue weighted by Gasteiger charge is 2.35. The molecule has 0 atom stereocenters. The molecule has 1 amide bonds. The van der Waals surface area contributed by atoms with Gasteiger partial charge in [-0.05, 0) is 24.3 Å². The second-order valence-corrected chi connectivity index (χ2v) is 4.72. The number of benzene rings is 1. The summed E-state index contributed by atoms with van der Waals surface area (Å²) < 4.78 is 53.0. The van der Waals surface area contributed by atoms with E-state index in [2.05, 4.69) is 11.7 Å². The summed E-state index contributed by atoms with van der Waals surface area (Å²) in [5.74, 6) is -1.30. The maximum absolute atomic E-state index is 13.9. The lowest BCUT2D eigenvalue weighted by Crippen LogP contribution is -2.30. The number of nitrogens with zero attached hydrogens (tertiary/aromatic N) is 3. The predicted octanol–water partition coefficient (Wildman–Crippen LogP) is 3.30. The van der Waals surface area contributed by atoms with Crippen LogP contribution in [0.3, 0.4) is 0 Å². The third-order valence-corrected chi connectivity index (χ3v) is 3.17. The quantitative estimate of drug-likeness (QED) is 0.638. The van der Waals surface area contributed by atoms with Gasteiger partial charge in [-0.1, -0.05) is 18.7 Å². The molecule has 1 aromatic carbocycles. The van der Waals surface area contributed by atoms with Gasteiger partial charge in [0.05, 0.1) is 17.9 Å². The minimum absolute atomic E-state index is 0.0489. The Kier molecular flexibility index (Phi) is 4.53. The fourth-order valence-corrected chi connectivity index (χ4v) is 2.02. The first-order valence-electron chi connectivity index (χ1n) is 6.52. The smallest absolute Gasteiger partial charge is 0.300 e. The number of amides is 1. The number of para-hydroxylation sites is 1. The van der Waals surface area contributed by atoms with E-state index in [1.165, 1.54) is 25.2 Å². The van der Waals surface area contributed by atoms with Gasteiger partial charge in [0.15, 0.2) is 5.69 Å². The highest BCUT2D eigenvalue weighted by molar-refractivity contribution is 6.01. The molecular formula is C15H13F4N3O. The summed E-state index contributed by atoms with van der Waals surface area (Å²) in [6, 6.07) is 6.30. The molecule has 0 aliphatic carbocycles. The van der Waals surface area contributed by atoms with E-state index in [0.29, 0.717) is 0 Å². The van der Waals surface area contributed by atoms with Crippen LogP contribution in [0, 0.1) is 5.82 Å². The van der Waals surface area contributed by atoms with Gasteiger partial charge in [-0.25, -0.2) is 4.39 Å². The molecule has 0 aliphatic heterocycles. The van der Waals surface area contributed by atoms with Gasteiger partial charge in [0.25, 0.3) is 5.91 Å². The Morgan fingerprint density at radius 2 is 2.04 bits per heavy atom. The van der Waals surface area contributed by atoms with Crippen molar-refractivity contribution in [3.8, 4) is 0 Å². The minimum Gasteiger partial charge on any atom is -0.300 e. The number of rotatable bonds is 4. The summed E-state index contributed by atoms with van der Waals surface area (Å²) in [6.07, 6.45) is -3.63. The molecule has 4 nitrogen and oxygen atoms in total. The standard InChI is InChI=1S/C15H13F4N3O/c1-3-14(23)22(12-7-5-4-6-11(12)16)9-10-8-13(15(17,18)19)20-21(10)2/h3-8H,1,9H2,2H3. The summed E-state index contributed by atoms with van der Waals surface area (Å²) in [6.45, 7) is 3.06. The van der Waals surface area contributed by atoms with Crippen LogP contribution in [0.4, 0.5) is 23.2 Å². The Labute approximate surface area is 129 Å². The van der Waals surface area contributed by atoms with Gasteiger partial charge in [-0.2, -0.15) is 18.3 Å². The first kappa shape index (κ1) is 16.7. The zero-order chi connectivity index (χ0) is 17.2. The SMILES string of the molecule is C=CC(=O)N(Cc1cc(C(F)(F)F)nn1C)c1ccccc1F. The van der Waals surface area contributed by atoms with E-state index >= 15 is 0 Å². The van der Waals surface area contributed by atoms with Crippen molar-refractivity contribution in [2.45, 2.75) is 12.7 Å². The Hall–Kier alpha value is -2.64. The summed E-state index contributed by atoms with van der Waals surface area (Å²) in [5.41, 5.74) is -1.02. The van der Waals surface area contributed by atoms with E-state index in [-0.39, 0.29) is 17.9 Å². The third-order valence-electron chi connectivity index (χ3n) is 3.17. The van der Waals surface area contributed by atoms with Crippen LogP contribution in [0.1, 0.15) is 11.4 Å². The first-order valence-corrected chi connectivity index (χ1v) is 6.52. The molecule has 0 unspecified atom stereocenters. The normalized spacial score (nSPS) is 11.3. The van der Waals surface area contributed by atoms with Crippen LogP contribution in [-0.2, 0) is 24.6 Å². The van der Waals surface area contributed by atoms with Crippen molar-refractivity contribution in [1.82, 2.24) is 9.78 Å². The van der Waals surface area contributed by atoms with Gasteiger partial charge < -0.3 is 4.90 Å². The van der Waals surface area contributed by atoms with E-state index in [1.54, 1.807) is 0 Å². The number of alkyl halides is 3. The maximum atomic E-state index is 13.9. The molecule has 1 aromatic heterocycles. The molecule has 2 rings (SSSR count). The summed E-state index contributed by atoms with van der Waals surface area (Å²) in [4.78, 5) is 13.0. The molecule has 0 radical (unpaired) electrons. The number of carbonyl (C=O) groups excluding carboxylic acids is 1. The molecule has 0 N–H and O–H groups in total. The molecule has 0 saturated heterocycles. The van der Waals surface area contributed by atoms with Crippen molar-refractivity contribution in [2.24, 2.45) is 7.05 Å². The molecule has 1 heterocycles. The highest BCUT2D eigenvalue weighted by Crippen LogP contribution is 2.29. The van der Waals surface area contributed by atoms with Crippen molar-refractivity contribution in [3.05, 3.63) is 60.2 Å². The molecule has 0 aliphatic rings. The molecule has 0 spiro atoms. The fraction of sp³-hybridized carbons (Fsp3) is 0.200. The monoisotopic (exact) mass is 327 g/mol. The van der Waals surface area contributed by atoms with Crippen LogP contribution in [0.5, 0.6) is 0 Å². The topological polar surface area (TPSA) is 38.1 Å². The Morgan fingerprint density at radius 1 is 1.39 bits per heavy atom. The number of hydrogen-bond donors (Lipinski definition) is 0. The number of aryl methyl sites for hydroxylation is 1. The minimum atomic E-state index is -4.60. The predicted molar refractivity (Wildman–Crippen MR) is 76.0 cm³/mol. The number of aromatic nitrogens is 2. The second-order valence-electron chi connectivity index (χ2n) is 4.72. The van der Waals surface area contributed by atoms with E-state index in [4.69, 9.17) is 0 Å². The van der Waals surface area contributed by atoms with Gasteiger partial charge in [-0.3, -0.25) is 9.48 Å². The summed E-state index contributed by atoms with van der Waals surface area (Å²) >= 11 is 0. The van der Waals surface area contributed by atoms with E-state index in [9.17, 15) is 22.4 Å². The Balaban J connectivity index is 2.40. The van der Waals surface area contributed by atoms with Crippen LogP contribution in [0.2, 0.25) is 0 Å². The van der Waals surface area contributed by atoms with E-state index in [0.717, 1.165) is 27.8 Å². The average Bonchev–Trinajstić information content (AvgIpc) is 2.86. The van der Waals surface area contributed by atoms with Crippen molar-refractivity contribution in [1.29, 1.82) is 0 Å². The lowest BCUT2D eigenvalue weighted by Gasteiger charge is -2.21. The number of anilines is 1. The molecule has 0 saturated carbocycles. The molecule has 0 bridgehead atoms. The fourth-order valence-electron chi connectivity index (χ4n) is 2.02. The van der Waals surface area contributed by atoms with Crippen LogP contribution in [0.15, 0.2) is 43.0 Å². The van der Waals surface area contributed by atoms with Crippen LogP contribution < -0.4 is 4.90 Å². The molecule has 23 heavy (non-hydrogen) atoms. The third kappa shape index (κ3) is 3.58. The highest BCUT2D eigenvalue weighted by atomic mass is 19.4. The van der Waals surface area contributed by atoms with E-state index < -0.39 is 23.6 Å². The largest absolute Gasteiger partial charge is 0.435 e. The number of halogens is 4. The lowest BCUT2D eigenvalue weighted by atomic mass is 10.2. The number of carbonyl (C=O) groups is 1. The summed E-state index contributed by atoms with van der Waals surface area (Å²) in [7, 11) is 1.32. The Bertz CT molecular complexity index is 737. The second kappa shape index (κ2) is 6.23. The van der Waals surface area contributed by atoms with Crippen LogP contribution >= 0.6 is 0 Å².